The van der Waals surface area contributed by atoms with Crippen molar-refractivity contribution in [1.29, 1.82) is 0 Å². The zero-order valence-corrected chi connectivity index (χ0v) is 11.5. The van der Waals surface area contributed by atoms with Crippen LogP contribution >= 0.6 is 23.6 Å². The Morgan fingerprint density at radius 2 is 2.00 bits per heavy atom. The minimum absolute atomic E-state index is 0.609. The second-order valence-electron chi connectivity index (χ2n) is 3.71. The van der Waals surface area contributed by atoms with Gasteiger partial charge in [0.05, 0.1) is 11.5 Å². The second-order valence-corrected chi connectivity index (χ2v) is 5.13. The van der Waals surface area contributed by atoms with Gasteiger partial charge in [-0.1, -0.05) is 30.3 Å². The number of aryl methyl sites for hydroxylation is 1. The second kappa shape index (κ2) is 5.43. The summed E-state index contributed by atoms with van der Waals surface area (Å²) in [5.41, 5.74) is 2.42. The van der Waals surface area contributed by atoms with Crippen molar-refractivity contribution in [1.82, 2.24) is 0 Å². The smallest absolute Gasteiger partial charge is 0.201 e. The third-order valence-electron chi connectivity index (χ3n) is 2.44. The van der Waals surface area contributed by atoms with Gasteiger partial charge in [0.1, 0.15) is 0 Å². The van der Waals surface area contributed by atoms with Crippen molar-refractivity contribution in [2.45, 2.75) is 13.8 Å². The number of hydrogen-bond donors (Lipinski definition) is 0. The maximum atomic E-state index is 5.40. The lowest BCUT2D eigenvalue weighted by Crippen LogP contribution is -2.01. The van der Waals surface area contributed by atoms with E-state index in [1.807, 2.05) is 25.1 Å². The molecular formula is C14H14OS2. The standard InChI is InChI=1S/C14H14OS2/c1-3-15-14(16)13-10(2)9-12(17-13)11-7-5-4-6-8-11/h4-9H,3H2,1-2H3. The van der Waals surface area contributed by atoms with Crippen LogP contribution in [0.2, 0.25) is 0 Å². The van der Waals surface area contributed by atoms with Gasteiger partial charge in [0.2, 0.25) is 5.05 Å². The molecule has 17 heavy (non-hydrogen) atoms. The fourth-order valence-corrected chi connectivity index (χ4v) is 3.10. The van der Waals surface area contributed by atoms with Crippen LogP contribution in [0.15, 0.2) is 36.4 Å². The summed E-state index contributed by atoms with van der Waals surface area (Å²) in [7, 11) is 0. The van der Waals surface area contributed by atoms with Crippen molar-refractivity contribution < 1.29 is 4.74 Å². The van der Waals surface area contributed by atoms with Gasteiger partial charge < -0.3 is 4.74 Å². The molecule has 1 heterocycles. The molecule has 2 aromatic rings. The Morgan fingerprint density at radius 3 is 2.65 bits per heavy atom. The number of hydrogen-bond acceptors (Lipinski definition) is 3. The van der Waals surface area contributed by atoms with E-state index in [4.69, 9.17) is 17.0 Å². The molecule has 0 aliphatic rings. The maximum Gasteiger partial charge on any atom is 0.201 e. The Labute approximate surface area is 111 Å². The van der Waals surface area contributed by atoms with Gasteiger partial charge in [0.25, 0.3) is 0 Å². The van der Waals surface area contributed by atoms with Crippen LogP contribution in [0.25, 0.3) is 10.4 Å². The first-order valence-electron chi connectivity index (χ1n) is 5.55. The van der Waals surface area contributed by atoms with Crippen molar-refractivity contribution in [2.75, 3.05) is 6.61 Å². The number of thiocarbonyl (C=S) groups is 1. The monoisotopic (exact) mass is 262 g/mol. The third-order valence-corrected chi connectivity index (χ3v) is 4.17. The Bertz CT molecular complexity index is 514. The molecule has 0 amide bonds. The molecule has 0 spiro atoms. The maximum absolute atomic E-state index is 5.40. The van der Waals surface area contributed by atoms with Crippen LogP contribution in [0.4, 0.5) is 0 Å². The number of benzene rings is 1. The van der Waals surface area contributed by atoms with E-state index < -0.39 is 0 Å². The van der Waals surface area contributed by atoms with Crippen molar-refractivity contribution in [3.63, 3.8) is 0 Å². The first-order valence-corrected chi connectivity index (χ1v) is 6.78. The van der Waals surface area contributed by atoms with Gasteiger partial charge in [-0.2, -0.15) is 0 Å². The average Bonchev–Trinajstić information content (AvgIpc) is 2.73. The van der Waals surface area contributed by atoms with Crippen LogP contribution in [0, 0.1) is 6.92 Å². The summed E-state index contributed by atoms with van der Waals surface area (Å²) in [6, 6.07) is 12.5. The first-order chi connectivity index (χ1) is 8.22. The summed E-state index contributed by atoms with van der Waals surface area (Å²) in [5.74, 6) is 0. The lowest BCUT2D eigenvalue weighted by atomic mass is 10.1. The van der Waals surface area contributed by atoms with E-state index in [1.54, 1.807) is 11.3 Å². The van der Waals surface area contributed by atoms with Gasteiger partial charge in [-0.3, -0.25) is 0 Å². The summed E-state index contributed by atoms with van der Waals surface area (Å²) in [6.07, 6.45) is 0. The molecule has 0 atom stereocenters. The van der Waals surface area contributed by atoms with Crippen molar-refractivity contribution in [3.05, 3.63) is 46.8 Å². The molecule has 1 aromatic carbocycles. The van der Waals surface area contributed by atoms with E-state index in [9.17, 15) is 0 Å². The highest BCUT2D eigenvalue weighted by Gasteiger charge is 2.11. The van der Waals surface area contributed by atoms with E-state index >= 15 is 0 Å². The molecule has 0 aliphatic carbocycles. The third kappa shape index (κ3) is 2.73. The van der Waals surface area contributed by atoms with Gasteiger partial charge in [-0.25, -0.2) is 0 Å². The van der Waals surface area contributed by atoms with Crippen LogP contribution in [0.1, 0.15) is 17.4 Å². The predicted octanol–water partition coefficient (Wildman–Crippen LogP) is 4.44. The van der Waals surface area contributed by atoms with Gasteiger partial charge in [-0.05, 0) is 43.3 Å². The molecule has 0 unspecified atom stereocenters. The highest BCUT2D eigenvalue weighted by molar-refractivity contribution is 7.80. The molecule has 0 saturated carbocycles. The molecule has 3 heteroatoms. The molecule has 2 rings (SSSR count). The summed E-state index contributed by atoms with van der Waals surface area (Å²) in [6.45, 7) is 4.65. The van der Waals surface area contributed by atoms with Crippen molar-refractivity contribution >= 4 is 28.6 Å². The van der Waals surface area contributed by atoms with E-state index in [0.29, 0.717) is 11.7 Å². The fourth-order valence-electron chi connectivity index (χ4n) is 1.63. The van der Waals surface area contributed by atoms with Gasteiger partial charge in [0, 0.05) is 4.88 Å². The predicted molar refractivity (Wildman–Crippen MR) is 77.8 cm³/mol. The molecule has 1 nitrogen and oxygen atoms in total. The Hall–Kier alpha value is -1.19. The zero-order chi connectivity index (χ0) is 12.3. The van der Waals surface area contributed by atoms with Crippen LogP contribution in [0.3, 0.4) is 0 Å². The molecule has 0 bridgehead atoms. The van der Waals surface area contributed by atoms with Crippen LogP contribution < -0.4 is 0 Å². The van der Waals surface area contributed by atoms with Crippen LogP contribution in [-0.2, 0) is 4.74 Å². The quantitative estimate of drug-likeness (QED) is 0.756. The Morgan fingerprint density at radius 1 is 1.29 bits per heavy atom. The van der Waals surface area contributed by atoms with E-state index in [-0.39, 0.29) is 0 Å². The van der Waals surface area contributed by atoms with E-state index in [2.05, 4.69) is 25.1 Å². The minimum atomic E-state index is 0.609. The molecule has 88 valence electrons. The van der Waals surface area contributed by atoms with E-state index in [0.717, 1.165) is 4.88 Å². The molecule has 0 radical (unpaired) electrons. The van der Waals surface area contributed by atoms with E-state index in [1.165, 1.54) is 16.0 Å². The van der Waals surface area contributed by atoms with Crippen LogP contribution in [-0.4, -0.2) is 11.7 Å². The highest BCUT2D eigenvalue weighted by atomic mass is 32.1. The summed E-state index contributed by atoms with van der Waals surface area (Å²) >= 11 is 6.95. The molecule has 0 saturated heterocycles. The van der Waals surface area contributed by atoms with Crippen LogP contribution in [0.5, 0.6) is 0 Å². The highest BCUT2D eigenvalue weighted by Crippen LogP contribution is 2.31. The molecule has 0 aliphatic heterocycles. The van der Waals surface area contributed by atoms with Gasteiger partial charge >= 0.3 is 0 Å². The van der Waals surface area contributed by atoms with Gasteiger partial charge in [-0.15, -0.1) is 11.3 Å². The topological polar surface area (TPSA) is 9.23 Å². The van der Waals surface area contributed by atoms with Crippen molar-refractivity contribution in [2.24, 2.45) is 0 Å². The summed E-state index contributed by atoms with van der Waals surface area (Å²) in [5, 5.41) is 0.609. The molecule has 0 N–H and O–H groups in total. The molecule has 1 aromatic heterocycles. The number of thiophene rings is 1. The minimum Gasteiger partial charge on any atom is -0.483 e. The summed E-state index contributed by atoms with van der Waals surface area (Å²) < 4.78 is 5.40. The lowest BCUT2D eigenvalue weighted by Gasteiger charge is -2.02. The largest absolute Gasteiger partial charge is 0.483 e. The number of ether oxygens (including phenoxy) is 1. The molecular weight excluding hydrogens is 248 g/mol. The Balaban J connectivity index is 2.34. The summed E-state index contributed by atoms with van der Waals surface area (Å²) in [4.78, 5) is 2.31. The Kier molecular flexibility index (Phi) is 3.92. The molecule has 0 fully saturated rings. The SMILES string of the molecule is CCOC(=S)c1sc(-c2ccccc2)cc1C. The number of rotatable bonds is 3. The zero-order valence-electron chi connectivity index (χ0n) is 9.90. The van der Waals surface area contributed by atoms with Gasteiger partial charge in [0.15, 0.2) is 0 Å². The average molecular weight is 262 g/mol. The van der Waals surface area contributed by atoms with Crippen molar-refractivity contribution in [3.8, 4) is 10.4 Å². The lowest BCUT2D eigenvalue weighted by molar-refractivity contribution is 0.338. The first kappa shape index (κ1) is 12.3. The fraction of sp³-hybridized carbons (Fsp3) is 0.214. The normalized spacial score (nSPS) is 10.2.